The van der Waals surface area contributed by atoms with Crippen LogP contribution in [-0.2, 0) is 10.9 Å². The summed E-state index contributed by atoms with van der Waals surface area (Å²) < 4.78 is 44.6. The summed E-state index contributed by atoms with van der Waals surface area (Å²) in [5.41, 5.74) is 0.955. The molecule has 3 heterocycles. The molecule has 3 aromatic rings. The van der Waals surface area contributed by atoms with E-state index in [1.54, 1.807) is 18.3 Å². The summed E-state index contributed by atoms with van der Waals surface area (Å²) in [6.45, 7) is 4.03. The molecule has 4 rings (SSSR count). The highest BCUT2D eigenvalue weighted by molar-refractivity contribution is 5.94. The predicted octanol–water partition coefficient (Wildman–Crippen LogP) is 5.09. The zero-order valence-corrected chi connectivity index (χ0v) is 15.9. The second kappa shape index (κ2) is 7.26. The number of phenols is 1. The largest absolute Gasteiger partial charge is 0.507 e. The highest BCUT2D eigenvalue weighted by atomic mass is 19.4. The van der Waals surface area contributed by atoms with Gasteiger partial charge in [-0.2, -0.15) is 18.3 Å². The number of aromatic nitrogens is 3. The van der Waals surface area contributed by atoms with Gasteiger partial charge in [0.25, 0.3) is 0 Å². The molecule has 3 atom stereocenters. The van der Waals surface area contributed by atoms with Crippen molar-refractivity contribution in [3.63, 3.8) is 0 Å². The molecule has 1 fully saturated rings. The SMILES string of the molecule is CC1CC(c2nnc(-c3ccc(C(F)(F)F)cc3O)c3cccnc23)C[C@H](C)O1. The van der Waals surface area contributed by atoms with Crippen molar-refractivity contribution in [2.45, 2.75) is 51.0 Å². The van der Waals surface area contributed by atoms with E-state index in [-0.39, 0.29) is 23.7 Å². The van der Waals surface area contributed by atoms with Crippen LogP contribution in [0.2, 0.25) is 0 Å². The molecule has 1 aliphatic heterocycles. The van der Waals surface area contributed by atoms with Crippen LogP contribution in [0.15, 0.2) is 36.5 Å². The van der Waals surface area contributed by atoms with Crippen molar-refractivity contribution >= 4 is 10.9 Å². The molecule has 1 aromatic carbocycles. The number of hydrogen-bond acceptors (Lipinski definition) is 5. The van der Waals surface area contributed by atoms with E-state index in [0.717, 1.165) is 24.6 Å². The first-order valence-corrected chi connectivity index (χ1v) is 9.41. The zero-order valence-electron chi connectivity index (χ0n) is 15.9. The quantitative estimate of drug-likeness (QED) is 0.646. The third-order valence-electron chi connectivity index (χ3n) is 5.23. The molecule has 1 N–H and O–H groups in total. The first-order valence-electron chi connectivity index (χ1n) is 9.41. The molecule has 0 amide bonds. The molecule has 5 nitrogen and oxygen atoms in total. The van der Waals surface area contributed by atoms with Crippen LogP contribution in [0.3, 0.4) is 0 Å². The summed E-state index contributed by atoms with van der Waals surface area (Å²) >= 11 is 0. The third kappa shape index (κ3) is 3.76. The summed E-state index contributed by atoms with van der Waals surface area (Å²) in [5.74, 6) is -0.380. The van der Waals surface area contributed by atoms with Gasteiger partial charge in [-0.05, 0) is 57.0 Å². The molecule has 0 saturated carbocycles. The van der Waals surface area contributed by atoms with Gasteiger partial charge in [0.2, 0.25) is 0 Å². The number of fused-ring (bicyclic) bond motifs is 1. The van der Waals surface area contributed by atoms with Crippen LogP contribution < -0.4 is 0 Å². The fourth-order valence-corrected chi connectivity index (χ4v) is 4.02. The van der Waals surface area contributed by atoms with E-state index in [1.807, 2.05) is 13.8 Å². The Labute approximate surface area is 165 Å². The maximum absolute atomic E-state index is 12.9. The van der Waals surface area contributed by atoms with Crippen LogP contribution in [0.25, 0.3) is 22.2 Å². The average molecular weight is 403 g/mol. The fourth-order valence-electron chi connectivity index (χ4n) is 4.02. The van der Waals surface area contributed by atoms with Crippen LogP contribution >= 0.6 is 0 Å². The van der Waals surface area contributed by atoms with Crippen molar-refractivity contribution in [3.05, 3.63) is 47.8 Å². The predicted molar refractivity (Wildman–Crippen MR) is 101 cm³/mol. The monoisotopic (exact) mass is 403 g/mol. The van der Waals surface area contributed by atoms with Gasteiger partial charge in [0.1, 0.15) is 11.4 Å². The Kier molecular flexibility index (Phi) is 4.90. The Morgan fingerprint density at radius 2 is 1.79 bits per heavy atom. The third-order valence-corrected chi connectivity index (χ3v) is 5.23. The highest BCUT2D eigenvalue weighted by Gasteiger charge is 2.32. The molecule has 29 heavy (non-hydrogen) atoms. The molecular formula is C21H20F3N3O2. The number of rotatable bonds is 2. The smallest absolute Gasteiger partial charge is 0.416 e. The Bertz CT molecular complexity index is 1050. The van der Waals surface area contributed by atoms with E-state index in [2.05, 4.69) is 15.2 Å². The standard InChI is InChI=1S/C21H20F3N3O2/c1-11-8-13(9-12(2)29-11)18-20-16(4-3-7-25-20)19(27-26-18)15-6-5-14(10-17(15)28)21(22,23)24/h3-7,10-13,28H,8-9H2,1-2H3/t11-,12?,13?/m0/s1. The van der Waals surface area contributed by atoms with Gasteiger partial charge in [-0.15, -0.1) is 5.10 Å². The van der Waals surface area contributed by atoms with Gasteiger partial charge in [-0.1, -0.05) is 0 Å². The number of aromatic hydroxyl groups is 1. The van der Waals surface area contributed by atoms with Crippen molar-refractivity contribution < 1.29 is 23.0 Å². The Morgan fingerprint density at radius 1 is 1.07 bits per heavy atom. The number of phenolic OH excluding ortho intramolecular Hbond substituents is 1. The fraction of sp³-hybridized carbons (Fsp3) is 0.381. The number of pyridine rings is 1. The topological polar surface area (TPSA) is 68.1 Å². The average Bonchev–Trinajstić information content (AvgIpc) is 2.66. The first-order chi connectivity index (χ1) is 13.7. The lowest BCUT2D eigenvalue weighted by molar-refractivity contribution is -0.137. The number of nitrogens with zero attached hydrogens (tertiary/aromatic N) is 3. The summed E-state index contributed by atoms with van der Waals surface area (Å²) in [4.78, 5) is 4.47. The van der Waals surface area contributed by atoms with Gasteiger partial charge in [0.15, 0.2) is 0 Å². The van der Waals surface area contributed by atoms with E-state index >= 15 is 0 Å². The van der Waals surface area contributed by atoms with Crippen molar-refractivity contribution in [1.82, 2.24) is 15.2 Å². The van der Waals surface area contributed by atoms with Crippen molar-refractivity contribution in [3.8, 4) is 17.0 Å². The molecule has 0 bridgehead atoms. The van der Waals surface area contributed by atoms with E-state index < -0.39 is 17.5 Å². The first kappa shape index (κ1) is 19.6. The number of ether oxygens (including phenoxy) is 1. The second-order valence-corrected chi connectivity index (χ2v) is 7.49. The Balaban J connectivity index is 1.82. The minimum atomic E-state index is -4.54. The molecule has 8 heteroatoms. The van der Waals surface area contributed by atoms with Crippen LogP contribution in [-0.4, -0.2) is 32.5 Å². The second-order valence-electron chi connectivity index (χ2n) is 7.49. The van der Waals surface area contributed by atoms with Crippen molar-refractivity contribution in [1.29, 1.82) is 0 Å². The van der Waals surface area contributed by atoms with Gasteiger partial charge in [-0.25, -0.2) is 0 Å². The summed E-state index contributed by atoms with van der Waals surface area (Å²) in [5, 5.41) is 19.6. The maximum atomic E-state index is 12.9. The molecule has 1 saturated heterocycles. The summed E-state index contributed by atoms with van der Waals surface area (Å²) in [6.07, 6.45) is -1.14. The van der Waals surface area contributed by atoms with Crippen LogP contribution in [0.4, 0.5) is 13.2 Å². The Morgan fingerprint density at radius 3 is 2.45 bits per heavy atom. The molecule has 152 valence electrons. The van der Waals surface area contributed by atoms with Gasteiger partial charge >= 0.3 is 6.18 Å². The van der Waals surface area contributed by atoms with Gasteiger partial charge in [-0.3, -0.25) is 4.98 Å². The molecule has 2 aromatic heterocycles. The lowest BCUT2D eigenvalue weighted by Gasteiger charge is -2.31. The van der Waals surface area contributed by atoms with E-state index in [4.69, 9.17) is 4.74 Å². The minimum absolute atomic E-state index is 0.0861. The molecule has 0 spiro atoms. The van der Waals surface area contributed by atoms with Gasteiger partial charge in [0.05, 0.1) is 29.0 Å². The van der Waals surface area contributed by atoms with E-state index in [9.17, 15) is 18.3 Å². The highest BCUT2D eigenvalue weighted by Crippen LogP contribution is 2.40. The van der Waals surface area contributed by atoms with Gasteiger partial charge in [0, 0.05) is 23.1 Å². The minimum Gasteiger partial charge on any atom is -0.507 e. The number of alkyl halides is 3. The molecular weight excluding hydrogens is 383 g/mol. The van der Waals surface area contributed by atoms with Gasteiger partial charge < -0.3 is 9.84 Å². The number of hydrogen-bond donors (Lipinski definition) is 1. The van der Waals surface area contributed by atoms with Crippen LogP contribution in [0.5, 0.6) is 5.75 Å². The summed E-state index contributed by atoms with van der Waals surface area (Å²) in [7, 11) is 0. The summed E-state index contributed by atoms with van der Waals surface area (Å²) in [6, 6.07) is 6.36. The van der Waals surface area contributed by atoms with E-state index in [1.165, 1.54) is 6.07 Å². The van der Waals surface area contributed by atoms with Crippen LogP contribution in [0.1, 0.15) is 43.9 Å². The van der Waals surface area contributed by atoms with Crippen LogP contribution in [0, 0.1) is 0 Å². The molecule has 0 radical (unpaired) electrons. The van der Waals surface area contributed by atoms with Crippen molar-refractivity contribution in [2.75, 3.05) is 0 Å². The Hall–Kier alpha value is -2.74. The lowest BCUT2D eigenvalue weighted by atomic mass is 9.88. The lowest BCUT2D eigenvalue weighted by Crippen LogP contribution is -2.28. The zero-order chi connectivity index (χ0) is 20.8. The van der Waals surface area contributed by atoms with E-state index in [0.29, 0.717) is 22.7 Å². The molecule has 0 aliphatic carbocycles. The normalized spacial score (nSPS) is 22.7. The molecule has 1 aliphatic rings. The maximum Gasteiger partial charge on any atom is 0.416 e. The number of benzene rings is 1. The molecule has 2 unspecified atom stereocenters. The van der Waals surface area contributed by atoms with Crippen molar-refractivity contribution in [2.24, 2.45) is 0 Å². The number of halogens is 3.